The molecule has 5 rings (SSSR count). The number of carbonyl (C=O) groups is 2. The van der Waals surface area contributed by atoms with Crippen molar-refractivity contribution in [3.8, 4) is 0 Å². The van der Waals surface area contributed by atoms with Gasteiger partial charge in [0.25, 0.3) is 0 Å². The van der Waals surface area contributed by atoms with Crippen LogP contribution in [-0.2, 0) is 17.8 Å². The van der Waals surface area contributed by atoms with Gasteiger partial charge in [0.1, 0.15) is 12.4 Å². The number of anilines is 1. The first kappa shape index (κ1) is 26.1. The number of amides is 3. The van der Waals surface area contributed by atoms with Crippen LogP contribution in [0.5, 0.6) is 0 Å². The summed E-state index contributed by atoms with van der Waals surface area (Å²) in [4.78, 5) is 33.2. The van der Waals surface area contributed by atoms with Gasteiger partial charge in [-0.25, -0.2) is 9.18 Å². The Morgan fingerprint density at radius 1 is 1.00 bits per heavy atom. The second-order valence-electron chi connectivity index (χ2n) is 9.44. The van der Waals surface area contributed by atoms with Gasteiger partial charge in [-0.2, -0.15) is 0 Å². The summed E-state index contributed by atoms with van der Waals surface area (Å²) < 4.78 is 14.1. The standard InChI is InChI=1S/C29H27Cl2FN4O2/c30-23-12-9-19(15-24(23)31)17-35(14-13-20-16-33-26-7-3-1-5-22(20)26)28(37)18-36(21-10-11-21)29(38)34-27-8-4-2-6-25(27)32/h1-9,12,15-16,21,33H,10-11,13-14,17-18H2,(H,34,38). The molecule has 4 aromatic rings. The van der Waals surface area contributed by atoms with Gasteiger partial charge in [-0.05, 0) is 60.7 Å². The first-order valence-corrected chi connectivity index (χ1v) is 13.2. The molecule has 1 aliphatic rings. The maximum Gasteiger partial charge on any atom is 0.322 e. The van der Waals surface area contributed by atoms with Gasteiger partial charge in [0.2, 0.25) is 5.91 Å². The first-order chi connectivity index (χ1) is 18.4. The second-order valence-corrected chi connectivity index (χ2v) is 10.3. The van der Waals surface area contributed by atoms with Gasteiger partial charge in [-0.15, -0.1) is 0 Å². The maximum absolute atomic E-state index is 14.1. The molecule has 0 radical (unpaired) electrons. The third kappa shape index (κ3) is 6.11. The van der Waals surface area contributed by atoms with Crippen molar-refractivity contribution in [1.82, 2.24) is 14.8 Å². The highest BCUT2D eigenvalue weighted by Gasteiger charge is 2.35. The SMILES string of the molecule is O=C(CN(C(=O)Nc1ccccc1F)C1CC1)N(CCc1c[nH]c2ccccc12)Cc1ccc(Cl)c(Cl)c1. The van der Waals surface area contributed by atoms with Crippen LogP contribution >= 0.6 is 23.2 Å². The Balaban J connectivity index is 1.34. The third-order valence-electron chi connectivity index (χ3n) is 6.71. The molecule has 0 aliphatic heterocycles. The number of hydrogen-bond acceptors (Lipinski definition) is 2. The van der Waals surface area contributed by atoms with Crippen molar-refractivity contribution in [3.63, 3.8) is 0 Å². The lowest BCUT2D eigenvalue weighted by molar-refractivity contribution is -0.132. The largest absolute Gasteiger partial charge is 0.361 e. The van der Waals surface area contributed by atoms with E-state index in [0.717, 1.165) is 34.9 Å². The summed E-state index contributed by atoms with van der Waals surface area (Å²) in [6.07, 6.45) is 4.20. The van der Waals surface area contributed by atoms with Crippen molar-refractivity contribution in [2.45, 2.75) is 31.8 Å². The number of hydrogen-bond donors (Lipinski definition) is 2. The fourth-order valence-electron chi connectivity index (χ4n) is 4.49. The lowest BCUT2D eigenvalue weighted by Crippen LogP contribution is -2.46. The number of benzene rings is 3. The molecule has 1 heterocycles. The summed E-state index contributed by atoms with van der Waals surface area (Å²) in [5, 5.41) is 4.58. The lowest BCUT2D eigenvalue weighted by atomic mass is 10.1. The van der Waals surface area contributed by atoms with Crippen LogP contribution in [0.4, 0.5) is 14.9 Å². The van der Waals surface area contributed by atoms with E-state index in [-0.39, 0.29) is 24.2 Å². The van der Waals surface area contributed by atoms with Crippen LogP contribution in [0.1, 0.15) is 24.0 Å². The number of aromatic amines is 1. The molecule has 6 nitrogen and oxygen atoms in total. The number of nitrogens with zero attached hydrogens (tertiary/aromatic N) is 2. The van der Waals surface area contributed by atoms with E-state index in [0.29, 0.717) is 29.6 Å². The molecule has 1 fully saturated rings. The summed E-state index contributed by atoms with van der Waals surface area (Å²) in [7, 11) is 0. The molecule has 2 N–H and O–H groups in total. The van der Waals surface area contributed by atoms with Crippen LogP contribution in [0, 0.1) is 5.82 Å². The fourth-order valence-corrected chi connectivity index (χ4v) is 4.81. The molecule has 196 valence electrons. The normalized spacial score (nSPS) is 12.9. The number of H-pyrrole nitrogens is 1. The third-order valence-corrected chi connectivity index (χ3v) is 7.44. The molecular weight excluding hydrogens is 526 g/mol. The quantitative estimate of drug-likeness (QED) is 0.237. The Kier molecular flexibility index (Phi) is 7.86. The minimum Gasteiger partial charge on any atom is -0.361 e. The Morgan fingerprint density at radius 3 is 2.53 bits per heavy atom. The predicted molar refractivity (Wildman–Crippen MR) is 149 cm³/mol. The van der Waals surface area contributed by atoms with Crippen molar-refractivity contribution in [3.05, 3.63) is 99.9 Å². The van der Waals surface area contributed by atoms with Gasteiger partial charge in [0.05, 0.1) is 15.7 Å². The van der Waals surface area contributed by atoms with E-state index in [4.69, 9.17) is 23.2 Å². The minimum absolute atomic E-state index is 0.0498. The highest BCUT2D eigenvalue weighted by molar-refractivity contribution is 6.42. The van der Waals surface area contributed by atoms with Gasteiger partial charge >= 0.3 is 6.03 Å². The first-order valence-electron chi connectivity index (χ1n) is 12.5. The summed E-state index contributed by atoms with van der Waals surface area (Å²) in [5.41, 5.74) is 3.06. The fraction of sp³-hybridized carbons (Fsp3) is 0.241. The Morgan fingerprint density at radius 2 is 1.76 bits per heavy atom. The number of para-hydroxylation sites is 2. The molecule has 1 saturated carbocycles. The van der Waals surface area contributed by atoms with Crippen LogP contribution in [0.2, 0.25) is 10.0 Å². The Bertz CT molecular complexity index is 1470. The number of fused-ring (bicyclic) bond motifs is 1. The number of halogens is 3. The van der Waals surface area contributed by atoms with Crippen LogP contribution in [0.15, 0.2) is 72.9 Å². The van der Waals surface area contributed by atoms with Crippen molar-refractivity contribution in [2.75, 3.05) is 18.4 Å². The molecule has 0 saturated heterocycles. The van der Waals surface area contributed by atoms with Crippen molar-refractivity contribution in [2.24, 2.45) is 0 Å². The molecule has 3 aromatic carbocycles. The number of urea groups is 1. The van der Waals surface area contributed by atoms with E-state index in [1.165, 1.54) is 17.0 Å². The summed E-state index contributed by atoms with van der Waals surface area (Å²) >= 11 is 12.3. The average Bonchev–Trinajstić information content (AvgIpc) is 3.67. The molecule has 38 heavy (non-hydrogen) atoms. The van der Waals surface area contributed by atoms with Gasteiger partial charge in [-0.3, -0.25) is 4.79 Å². The monoisotopic (exact) mass is 552 g/mol. The zero-order chi connectivity index (χ0) is 26.6. The number of carbonyl (C=O) groups excluding carboxylic acids is 2. The van der Waals surface area contributed by atoms with Crippen molar-refractivity contribution in [1.29, 1.82) is 0 Å². The van der Waals surface area contributed by atoms with E-state index in [2.05, 4.69) is 10.3 Å². The molecule has 1 aliphatic carbocycles. The molecule has 3 amide bonds. The van der Waals surface area contributed by atoms with E-state index >= 15 is 0 Å². The Hall–Kier alpha value is -3.55. The number of rotatable bonds is 9. The highest BCUT2D eigenvalue weighted by atomic mass is 35.5. The van der Waals surface area contributed by atoms with Gasteiger partial charge < -0.3 is 20.1 Å². The maximum atomic E-state index is 14.1. The summed E-state index contributed by atoms with van der Waals surface area (Å²) in [6.45, 7) is 0.639. The lowest BCUT2D eigenvalue weighted by Gasteiger charge is -2.28. The van der Waals surface area contributed by atoms with E-state index in [1.807, 2.05) is 36.5 Å². The smallest absolute Gasteiger partial charge is 0.322 e. The molecule has 0 spiro atoms. The Labute approximate surface area is 230 Å². The highest BCUT2D eigenvalue weighted by Crippen LogP contribution is 2.29. The molecular formula is C29H27Cl2FN4O2. The van der Waals surface area contributed by atoms with Crippen LogP contribution in [-0.4, -0.2) is 45.9 Å². The topological polar surface area (TPSA) is 68.4 Å². The minimum atomic E-state index is -0.525. The number of aromatic nitrogens is 1. The summed E-state index contributed by atoms with van der Waals surface area (Å²) in [6, 6.07) is 18.8. The molecule has 9 heteroatoms. The molecule has 0 atom stereocenters. The van der Waals surface area contributed by atoms with Crippen LogP contribution < -0.4 is 5.32 Å². The average molecular weight is 553 g/mol. The van der Waals surface area contributed by atoms with Crippen molar-refractivity contribution < 1.29 is 14.0 Å². The zero-order valence-electron chi connectivity index (χ0n) is 20.6. The molecule has 1 aromatic heterocycles. The van der Waals surface area contributed by atoms with Gasteiger partial charge in [0.15, 0.2) is 0 Å². The van der Waals surface area contributed by atoms with Gasteiger partial charge in [0, 0.05) is 36.2 Å². The number of nitrogens with one attached hydrogen (secondary N) is 2. The molecule has 0 bridgehead atoms. The van der Waals surface area contributed by atoms with E-state index < -0.39 is 11.8 Å². The zero-order valence-corrected chi connectivity index (χ0v) is 22.1. The van der Waals surface area contributed by atoms with E-state index in [1.54, 1.807) is 29.2 Å². The summed E-state index contributed by atoms with van der Waals surface area (Å²) in [5.74, 6) is -0.727. The van der Waals surface area contributed by atoms with Crippen LogP contribution in [0.3, 0.4) is 0 Å². The second kappa shape index (κ2) is 11.5. The van der Waals surface area contributed by atoms with Crippen molar-refractivity contribution >= 4 is 51.7 Å². The predicted octanol–water partition coefficient (Wildman–Crippen LogP) is 6.88. The van der Waals surface area contributed by atoms with E-state index in [9.17, 15) is 14.0 Å². The van der Waals surface area contributed by atoms with Gasteiger partial charge in [-0.1, -0.05) is 59.6 Å². The van der Waals surface area contributed by atoms with Crippen LogP contribution in [0.25, 0.3) is 10.9 Å². The molecule has 0 unspecified atom stereocenters.